The second kappa shape index (κ2) is 9.73. The monoisotopic (exact) mass is 405 g/mol. The maximum atomic E-state index is 12.8. The Kier molecular flexibility index (Phi) is 7.62. The summed E-state index contributed by atoms with van der Waals surface area (Å²) in [6, 6.07) is 6.36. The molecule has 1 aromatic heterocycles. The number of hydrogen-bond acceptors (Lipinski definition) is 6. The number of benzene rings is 1. The number of carbonyl (C=O) groups excluding carboxylic acids is 2. The summed E-state index contributed by atoms with van der Waals surface area (Å²) < 4.78 is 6.39. The molecule has 0 saturated carbocycles. The topological polar surface area (TPSA) is 90.3 Å². The number of para-hydroxylation sites is 1. The molecule has 0 saturated heterocycles. The molecule has 1 N–H and O–H groups in total. The summed E-state index contributed by atoms with van der Waals surface area (Å²) in [6.45, 7) is 7.63. The molecule has 2 rings (SSSR count). The van der Waals surface area contributed by atoms with Crippen LogP contribution in [0.5, 0.6) is 0 Å². The van der Waals surface area contributed by atoms with Gasteiger partial charge in [0, 0.05) is 6.04 Å². The van der Waals surface area contributed by atoms with Gasteiger partial charge in [0.05, 0.1) is 23.8 Å². The molecule has 7 nitrogen and oxygen atoms in total. The summed E-state index contributed by atoms with van der Waals surface area (Å²) in [5.74, 6) is -0.774. The fourth-order valence-electron chi connectivity index (χ4n) is 2.82. The first kappa shape index (κ1) is 21.9. The molecule has 0 radical (unpaired) electrons. The van der Waals surface area contributed by atoms with Crippen molar-refractivity contribution in [3.63, 3.8) is 0 Å². The van der Waals surface area contributed by atoms with E-state index in [1.807, 2.05) is 33.8 Å². The van der Waals surface area contributed by atoms with Crippen LogP contribution >= 0.6 is 11.8 Å². The largest absolute Gasteiger partial charge is 0.467 e. The van der Waals surface area contributed by atoms with Crippen LogP contribution in [0.2, 0.25) is 0 Å². The Morgan fingerprint density at radius 1 is 1.25 bits per heavy atom. The molecule has 1 heterocycles. The molecule has 0 bridgehead atoms. The Balaban J connectivity index is 2.22. The third-order valence-electron chi connectivity index (χ3n) is 4.61. The Labute approximate surface area is 168 Å². The number of esters is 1. The summed E-state index contributed by atoms with van der Waals surface area (Å²) in [5, 5.41) is 3.77. The highest BCUT2D eigenvalue weighted by Gasteiger charge is 2.27. The normalized spacial score (nSPS) is 13.4. The lowest BCUT2D eigenvalue weighted by atomic mass is 9.99. The maximum absolute atomic E-state index is 12.8. The number of methoxy groups -OCH3 is 1. The molecular formula is C20H27N3O4S. The third-order valence-corrected chi connectivity index (χ3v) is 5.56. The molecule has 2 atom stereocenters. The van der Waals surface area contributed by atoms with Gasteiger partial charge in [-0.2, -0.15) is 0 Å². The van der Waals surface area contributed by atoms with Crippen molar-refractivity contribution in [2.24, 2.45) is 5.92 Å². The molecule has 0 unspecified atom stereocenters. The van der Waals surface area contributed by atoms with Gasteiger partial charge in [0.15, 0.2) is 5.16 Å². The van der Waals surface area contributed by atoms with E-state index in [1.54, 1.807) is 22.8 Å². The fraction of sp³-hybridized carbons (Fsp3) is 0.500. The average molecular weight is 406 g/mol. The van der Waals surface area contributed by atoms with E-state index in [1.165, 1.54) is 18.9 Å². The number of aromatic nitrogens is 2. The van der Waals surface area contributed by atoms with Crippen LogP contribution < -0.4 is 10.9 Å². The highest BCUT2D eigenvalue weighted by molar-refractivity contribution is 7.99. The molecule has 28 heavy (non-hydrogen) atoms. The Morgan fingerprint density at radius 3 is 2.54 bits per heavy atom. The molecule has 8 heteroatoms. The summed E-state index contributed by atoms with van der Waals surface area (Å²) in [4.78, 5) is 41.8. The molecule has 0 aliphatic carbocycles. The van der Waals surface area contributed by atoms with Crippen molar-refractivity contribution in [3.8, 4) is 0 Å². The zero-order valence-corrected chi connectivity index (χ0v) is 17.7. The van der Waals surface area contributed by atoms with Gasteiger partial charge in [-0.15, -0.1) is 0 Å². The lowest BCUT2D eigenvalue weighted by Crippen LogP contribution is -2.46. The van der Waals surface area contributed by atoms with Crippen molar-refractivity contribution < 1.29 is 14.3 Å². The van der Waals surface area contributed by atoms with Gasteiger partial charge in [-0.1, -0.05) is 44.2 Å². The molecule has 0 fully saturated rings. The first-order valence-electron chi connectivity index (χ1n) is 9.31. The van der Waals surface area contributed by atoms with E-state index in [9.17, 15) is 14.4 Å². The molecule has 152 valence electrons. The van der Waals surface area contributed by atoms with Crippen molar-refractivity contribution >= 4 is 34.5 Å². The number of amides is 1. The zero-order valence-electron chi connectivity index (χ0n) is 16.9. The van der Waals surface area contributed by atoms with Gasteiger partial charge in [-0.25, -0.2) is 9.78 Å². The number of thioether (sulfide) groups is 1. The van der Waals surface area contributed by atoms with Crippen LogP contribution in [0.25, 0.3) is 10.9 Å². The number of hydrogen-bond donors (Lipinski definition) is 1. The van der Waals surface area contributed by atoms with Crippen LogP contribution in [0.1, 0.15) is 40.2 Å². The molecule has 0 spiro atoms. The summed E-state index contributed by atoms with van der Waals surface area (Å²) in [7, 11) is 1.30. The highest BCUT2D eigenvalue weighted by Crippen LogP contribution is 2.21. The first-order chi connectivity index (χ1) is 13.3. The van der Waals surface area contributed by atoms with Gasteiger partial charge >= 0.3 is 5.97 Å². The third kappa shape index (κ3) is 4.92. The second-order valence-corrected chi connectivity index (χ2v) is 7.87. The van der Waals surface area contributed by atoms with E-state index in [0.29, 0.717) is 16.1 Å². The Bertz CT molecular complexity index is 910. The summed E-state index contributed by atoms with van der Waals surface area (Å²) >= 11 is 1.18. The van der Waals surface area contributed by atoms with E-state index in [2.05, 4.69) is 10.3 Å². The summed E-state index contributed by atoms with van der Waals surface area (Å²) in [5.41, 5.74) is 0.468. The van der Waals surface area contributed by atoms with E-state index in [4.69, 9.17) is 4.74 Å². The number of nitrogens with zero attached hydrogens (tertiary/aromatic N) is 2. The minimum atomic E-state index is -0.694. The lowest BCUT2D eigenvalue weighted by Gasteiger charge is -2.22. The molecule has 0 aliphatic heterocycles. The van der Waals surface area contributed by atoms with Crippen LogP contribution in [-0.4, -0.2) is 40.3 Å². The lowest BCUT2D eigenvalue weighted by molar-refractivity contribution is -0.146. The minimum absolute atomic E-state index is 0.0431. The van der Waals surface area contributed by atoms with Crippen LogP contribution in [0.15, 0.2) is 34.2 Å². The average Bonchev–Trinajstić information content (AvgIpc) is 2.69. The maximum Gasteiger partial charge on any atom is 0.328 e. The molecule has 2 aromatic rings. The number of nitrogens with one attached hydrogen (secondary N) is 1. The van der Waals surface area contributed by atoms with Crippen molar-refractivity contribution in [1.29, 1.82) is 0 Å². The standard InChI is InChI=1S/C20H27N3O4S/c1-6-13(4)17(19(26)27-5)22-16(24)11-28-20-21-15-10-8-7-9-14(15)18(25)23(20)12(2)3/h7-10,12-13,17H,6,11H2,1-5H3,(H,22,24)/t13-,17+/m0/s1. The molecular weight excluding hydrogens is 378 g/mol. The first-order valence-corrected chi connectivity index (χ1v) is 10.3. The van der Waals surface area contributed by atoms with Gasteiger partial charge in [0.25, 0.3) is 5.56 Å². The van der Waals surface area contributed by atoms with Crippen LogP contribution in [0, 0.1) is 5.92 Å². The number of rotatable bonds is 8. The Morgan fingerprint density at radius 2 is 1.93 bits per heavy atom. The van der Waals surface area contributed by atoms with E-state index < -0.39 is 12.0 Å². The number of carbonyl (C=O) groups is 2. The van der Waals surface area contributed by atoms with Crippen LogP contribution in [0.3, 0.4) is 0 Å². The van der Waals surface area contributed by atoms with Gasteiger partial charge in [0.1, 0.15) is 6.04 Å². The Hall–Kier alpha value is -2.35. The SMILES string of the molecule is CC[C@H](C)[C@@H](NC(=O)CSc1nc2ccccc2c(=O)n1C(C)C)C(=O)OC. The van der Waals surface area contributed by atoms with E-state index in [-0.39, 0.29) is 29.2 Å². The zero-order chi connectivity index (χ0) is 20.8. The predicted molar refractivity (Wildman–Crippen MR) is 111 cm³/mol. The minimum Gasteiger partial charge on any atom is -0.467 e. The fourth-order valence-corrected chi connectivity index (χ4v) is 3.76. The molecule has 1 aromatic carbocycles. The molecule has 1 amide bonds. The number of ether oxygens (including phenoxy) is 1. The summed E-state index contributed by atoms with van der Waals surface area (Å²) in [6.07, 6.45) is 0.728. The van der Waals surface area contributed by atoms with Gasteiger partial charge in [-0.3, -0.25) is 14.2 Å². The predicted octanol–water partition coefficient (Wildman–Crippen LogP) is 2.77. The van der Waals surface area contributed by atoms with Crippen LogP contribution in [0.4, 0.5) is 0 Å². The van der Waals surface area contributed by atoms with Gasteiger partial charge < -0.3 is 10.1 Å². The van der Waals surface area contributed by atoms with Crippen LogP contribution in [-0.2, 0) is 14.3 Å². The quantitative estimate of drug-likeness (QED) is 0.413. The van der Waals surface area contributed by atoms with Gasteiger partial charge in [0.2, 0.25) is 5.91 Å². The number of fused-ring (bicyclic) bond motifs is 1. The van der Waals surface area contributed by atoms with Gasteiger partial charge in [-0.05, 0) is 31.9 Å². The highest BCUT2D eigenvalue weighted by atomic mass is 32.2. The smallest absolute Gasteiger partial charge is 0.328 e. The van der Waals surface area contributed by atoms with E-state index in [0.717, 1.165) is 6.42 Å². The molecule has 0 aliphatic rings. The van der Waals surface area contributed by atoms with Crippen molar-refractivity contribution in [2.45, 2.75) is 51.4 Å². The van der Waals surface area contributed by atoms with Crippen molar-refractivity contribution in [3.05, 3.63) is 34.6 Å². The van der Waals surface area contributed by atoms with Crippen molar-refractivity contribution in [2.75, 3.05) is 12.9 Å². The van der Waals surface area contributed by atoms with E-state index >= 15 is 0 Å². The van der Waals surface area contributed by atoms with Crippen molar-refractivity contribution in [1.82, 2.24) is 14.9 Å². The second-order valence-electron chi connectivity index (χ2n) is 6.92.